The molecule has 1 aliphatic rings. The van der Waals surface area contributed by atoms with Crippen LogP contribution in [0.3, 0.4) is 0 Å². The fourth-order valence-electron chi connectivity index (χ4n) is 2.91. The third-order valence-corrected chi connectivity index (χ3v) is 4.57. The fraction of sp³-hybridized carbons (Fsp3) is 0.600. The molecule has 7 heteroatoms. The van der Waals surface area contributed by atoms with E-state index in [2.05, 4.69) is 12.2 Å². The second-order valence-electron chi connectivity index (χ2n) is 6.49. The summed E-state index contributed by atoms with van der Waals surface area (Å²) >= 11 is 0. The Labute approximate surface area is 161 Å². The number of ether oxygens (including phenoxy) is 3. The Bertz CT molecular complexity index is 585. The fourth-order valence-corrected chi connectivity index (χ4v) is 2.91. The molecular weight excluding hydrogens is 348 g/mol. The smallest absolute Gasteiger partial charge is 0.338 e. The Kier molecular flexibility index (Phi) is 9.07. The standard InChI is InChI=1S/C20H30N2O5/c1-3-4-5-10-21-19(23)18(22-11-13-26-14-12-22)15-27-20(24)16-6-8-17(25-2)9-7-16/h6-9,18H,3-5,10-15H2,1-2H3,(H,21,23). The average molecular weight is 378 g/mol. The Morgan fingerprint density at radius 2 is 1.89 bits per heavy atom. The zero-order chi connectivity index (χ0) is 19.5. The number of amides is 1. The number of hydrogen-bond donors (Lipinski definition) is 1. The molecule has 1 heterocycles. The van der Waals surface area contributed by atoms with E-state index in [0.29, 0.717) is 44.2 Å². The number of methoxy groups -OCH3 is 1. The molecule has 0 aromatic heterocycles. The predicted molar refractivity (Wildman–Crippen MR) is 102 cm³/mol. The van der Waals surface area contributed by atoms with E-state index in [1.54, 1.807) is 31.4 Å². The van der Waals surface area contributed by atoms with Gasteiger partial charge in [0.25, 0.3) is 0 Å². The van der Waals surface area contributed by atoms with Crippen molar-refractivity contribution >= 4 is 11.9 Å². The van der Waals surface area contributed by atoms with Crippen molar-refractivity contribution in [1.82, 2.24) is 10.2 Å². The van der Waals surface area contributed by atoms with Crippen LogP contribution in [0.2, 0.25) is 0 Å². The quantitative estimate of drug-likeness (QED) is 0.495. The molecule has 0 spiro atoms. The van der Waals surface area contributed by atoms with E-state index >= 15 is 0 Å². The van der Waals surface area contributed by atoms with Crippen LogP contribution in [-0.4, -0.2) is 69.4 Å². The lowest BCUT2D eigenvalue weighted by atomic mass is 10.2. The van der Waals surface area contributed by atoms with Gasteiger partial charge in [0.1, 0.15) is 18.4 Å². The summed E-state index contributed by atoms with van der Waals surface area (Å²) in [7, 11) is 1.57. The summed E-state index contributed by atoms with van der Waals surface area (Å²) in [5, 5.41) is 2.96. The molecule has 27 heavy (non-hydrogen) atoms. The van der Waals surface area contributed by atoms with Crippen LogP contribution in [0.25, 0.3) is 0 Å². The zero-order valence-corrected chi connectivity index (χ0v) is 16.2. The number of carbonyl (C=O) groups excluding carboxylic acids is 2. The third-order valence-electron chi connectivity index (χ3n) is 4.57. The number of nitrogens with zero attached hydrogens (tertiary/aromatic N) is 1. The van der Waals surface area contributed by atoms with Gasteiger partial charge in [-0.25, -0.2) is 4.79 Å². The van der Waals surface area contributed by atoms with E-state index in [1.807, 2.05) is 4.90 Å². The lowest BCUT2D eigenvalue weighted by molar-refractivity contribution is -0.130. The third kappa shape index (κ3) is 6.84. The maximum absolute atomic E-state index is 12.6. The molecule has 7 nitrogen and oxygen atoms in total. The Morgan fingerprint density at radius 3 is 2.52 bits per heavy atom. The first-order chi connectivity index (χ1) is 13.2. The van der Waals surface area contributed by atoms with Crippen molar-refractivity contribution < 1.29 is 23.8 Å². The summed E-state index contributed by atoms with van der Waals surface area (Å²) in [6.45, 7) is 5.22. The van der Waals surface area contributed by atoms with Gasteiger partial charge in [0.15, 0.2) is 0 Å². The number of nitrogens with one attached hydrogen (secondary N) is 1. The van der Waals surface area contributed by atoms with Crippen molar-refractivity contribution in [1.29, 1.82) is 0 Å². The van der Waals surface area contributed by atoms with Crippen LogP contribution < -0.4 is 10.1 Å². The summed E-state index contributed by atoms with van der Waals surface area (Å²) in [6.07, 6.45) is 3.13. The van der Waals surface area contributed by atoms with Gasteiger partial charge in [-0.15, -0.1) is 0 Å². The minimum absolute atomic E-state index is 0.0183. The zero-order valence-electron chi connectivity index (χ0n) is 16.2. The summed E-state index contributed by atoms with van der Waals surface area (Å²) < 4.78 is 15.9. The highest BCUT2D eigenvalue weighted by molar-refractivity contribution is 5.90. The van der Waals surface area contributed by atoms with Crippen LogP contribution in [0.5, 0.6) is 5.75 Å². The van der Waals surface area contributed by atoms with Gasteiger partial charge in [-0.3, -0.25) is 9.69 Å². The molecule has 1 amide bonds. The van der Waals surface area contributed by atoms with Gasteiger partial charge in [0, 0.05) is 19.6 Å². The molecule has 0 radical (unpaired) electrons. The average Bonchev–Trinajstić information content (AvgIpc) is 2.72. The molecule has 0 saturated carbocycles. The van der Waals surface area contributed by atoms with Crippen molar-refractivity contribution in [3.63, 3.8) is 0 Å². The summed E-state index contributed by atoms with van der Waals surface area (Å²) in [4.78, 5) is 27.0. The number of rotatable bonds is 10. The van der Waals surface area contributed by atoms with Crippen LogP contribution in [0.15, 0.2) is 24.3 Å². The minimum atomic E-state index is -0.502. The topological polar surface area (TPSA) is 77.1 Å². The first-order valence-electron chi connectivity index (χ1n) is 9.56. The normalized spacial score (nSPS) is 15.8. The number of esters is 1. The van der Waals surface area contributed by atoms with Crippen molar-refractivity contribution in [3.8, 4) is 5.75 Å². The molecule has 1 atom stereocenters. The van der Waals surface area contributed by atoms with Gasteiger partial charge in [0.05, 0.1) is 25.9 Å². The largest absolute Gasteiger partial charge is 0.497 e. The number of benzene rings is 1. The Morgan fingerprint density at radius 1 is 1.19 bits per heavy atom. The summed E-state index contributed by atoms with van der Waals surface area (Å²) in [5.41, 5.74) is 0.430. The maximum atomic E-state index is 12.6. The second-order valence-corrected chi connectivity index (χ2v) is 6.49. The van der Waals surface area contributed by atoms with E-state index < -0.39 is 12.0 Å². The molecule has 1 aromatic carbocycles. The van der Waals surface area contributed by atoms with Gasteiger partial charge < -0.3 is 19.5 Å². The molecule has 1 saturated heterocycles. The molecule has 1 unspecified atom stereocenters. The van der Waals surface area contributed by atoms with Gasteiger partial charge in [-0.05, 0) is 30.7 Å². The van der Waals surface area contributed by atoms with Crippen LogP contribution in [0.4, 0.5) is 0 Å². The second kappa shape index (κ2) is 11.6. The molecular formula is C20H30N2O5. The number of morpholine rings is 1. The van der Waals surface area contributed by atoms with Crippen LogP contribution in [0, 0.1) is 0 Å². The monoisotopic (exact) mass is 378 g/mol. The van der Waals surface area contributed by atoms with Gasteiger partial charge in [0.2, 0.25) is 5.91 Å². The first kappa shape index (κ1) is 21.2. The Hall–Kier alpha value is -2.12. The van der Waals surface area contributed by atoms with Crippen molar-refractivity contribution in [2.24, 2.45) is 0 Å². The van der Waals surface area contributed by atoms with Crippen molar-refractivity contribution in [2.45, 2.75) is 32.2 Å². The predicted octanol–water partition coefficient (Wildman–Crippen LogP) is 1.86. The number of carbonyl (C=O) groups is 2. The molecule has 1 aromatic rings. The van der Waals surface area contributed by atoms with E-state index in [4.69, 9.17) is 14.2 Å². The van der Waals surface area contributed by atoms with Crippen molar-refractivity contribution in [2.75, 3.05) is 46.6 Å². The van der Waals surface area contributed by atoms with E-state index in [1.165, 1.54) is 0 Å². The molecule has 1 aliphatic heterocycles. The van der Waals surface area contributed by atoms with Crippen LogP contribution in [0.1, 0.15) is 36.5 Å². The van der Waals surface area contributed by atoms with Gasteiger partial charge >= 0.3 is 5.97 Å². The molecule has 2 rings (SSSR count). The van der Waals surface area contributed by atoms with Gasteiger partial charge in [-0.1, -0.05) is 19.8 Å². The highest BCUT2D eigenvalue weighted by atomic mass is 16.5. The lowest BCUT2D eigenvalue weighted by Crippen LogP contribution is -2.53. The SMILES string of the molecule is CCCCCNC(=O)C(COC(=O)c1ccc(OC)cc1)N1CCOCC1. The highest BCUT2D eigenvalue weighted by Gasteiger charge is 2.28. The van der Waals surface area contributed by atoms with Gasteiger partial charge in [-0.2, -0.15) is 0 Å². The van der Waals surface area contributed by atoms with E-state index in [-0.39, 0.29) is 12.5 Å². The molecule has 0 bridgehead atoms. The first-order valence-corrected chi connectivity index (χ1v) is 9.56. The summed E-state index contributed by atoms with van der Waals surface area (Å²) in [6, 6.07) is 6.20. The lowest BCUT2D eigenvalue weighted by Gasteiger charge is -2.33. The number of unbranched alkanes of at least 4 members (excludes halogenated alkanes) is 2. The summed E-state index contributed by atoms with van der Waals surface area (Å²) in [5.74, 6) is 0.120. The molecule has 150 valence electrons. The van der Waals surface area contributed by atoms with Crippen molar-refractivity contribution in [3.05, 3.63) is 29.8 Å². The molecule has 0 aliphatic carbocycles. The molecule has 1 N–H and O–H groups in total. The minimum Gasteiger partial charge on any atom is -0.497 e. The Balaban J connectivity index is 1.93. The van der Waals surface area contributed by atoms with Crippen LogP contribution in [-0.2, 0) is 14.3 Å². The molecule has 1 fully saturated rings. The van der Waals surface area contributed by atoms with E-state index in [0.717, 1.165) is 19.3 Å². The highest BCUT2D eigenvalue weighted by Crippen LogP contribution is 2.13. The maximum Gasteiger partial charge on any atom is 0.338 e. The van der Waals surface area contributed by atoms with Crippen LogP contribution >= 0.6 is 0 Å². The number of hydrogen-bond acceptors (Lipinski definition) is 6. The van der Waals surface area contributed by atoms with E-state index in [9.17, 15) is 9.59 Å².